The first kappa shape index (κ1) is 17.1. The van der Waals surface area contributed by atoms with E-state index in [4.69, 9.17) is 9.47 Å². The van der Waals surface area contributed by atoms with Crippen molar-refractivity contribution in [1.29, 1.82) is 0 Å². The van der Waals surface area contributed by atoms with Crippen LogP contribution < -0.4 is 9.47 Å². The Balaban J connectivity index is 1.66. The molecule has 8 nitrogen and oxygen atoms in total. The van der Waals surface area contributed by atoms with Gasteiger partial charge in [-0.3, -0.25) is 4.40 Å². The van der Waals surface area contributed by atoms with E-state index in [2.05, 4.69) is 20.3 Å². The van der Waals surface area contributed by atoms with Crippen molar-refractivity contribution in [3.05, 3.63) is 60.8 Å². The molecule has 29 heavy (non-hydrogen) atoms. The maximum absolute atomic E-state index is 13.2. The van der Waals surface area contributed by atoms with E-state index in [1.165, 1.54) is 12.1 Å². The van der Waals surface area contributed by atoms with Gasteiger partial charge in [0.05, 0.1) is 31.5 Å². The molecule has 9 heteroatoms. The predicted octanol–water partition coefficient (Wildman–Crippen LogP) is 3.29. The zero-order chi connectivity index (χ0) is 20.0. The summed E-state index contributed by atoms with van der Waals surface area (Å²) in [6, 6.07) is 11.6. The first-order valence-electron chi connectivity index (χ1n) is 8.75. The summed E-state index contributed by atoms with van der Waals surface area (Å²) >= 11 is 0. The van der Waals surface area contributed by atoms with Gasteiger partial charge in [0, 0.05) is 5.56 Å². The second-order valence-corrected chi connectivity index (χ2v) is 6.30. The minimum absolute atomic E-state index is 0.308. The zero-order valence-corrected chi connectivity index (χ0v) is 15.6. The van der Waals surface area contributed by atoms with E-state index >= 15 is 0 Å². The number of ether oxygens (including phenoxy) is 2. The molecule has 0 saturated heterocycles. The fraction of sp³-hybridized carbons (Fsp3) is 0.100. The number of aromatic nitrogens is 6. The van der Waals surface area contributed by atoms with E-state index in [0.717, 1.165) is 10.9 Å². The molecule has 5 rings (SSSR count). The highest BCUT2D eigenvalue weighted by atomic mass is 19.1. The lowest BCUT2D eigenvalue weighted by molar-refractivity contribution is 0.355. The van der Waals surface area contributed by atoms with Gasteiger partial charge in [-0.1, -0.05) is 0 Å². The number of hydrogen-bond acceptors (Lipinski definition) is 6. The number of fused-ring (bicyclic) bond motifs is 3. The zero-order valence-electron chi connectivity index (χ0n) is 15.6. The first-order valence-corrected chi connectivity index (χ1v) is 8.75. The van der Waals surface area contributed by atoms with E-state index in [9.17, 15) is 4.39 Å². The van der Waals surface area contributed by atoms with Gasteiger partial charge in [-0.05, 0) is 42.5 Å². The fourth-order valence-electron chi connectivity index (χ4n) is 3.26. The molecule has 0 radical (unpaired) electrons. The summed E-state index contributed by atoms with van der Waals surface area (Å²) in [5.41, 5.74) is 2.74. The summed E-state index contributed by atoms with van der Waals surface area (Å²) in [6.45, 7) is 0. The second-order valence-electron chi connectivity index (χ2n) is 6.30. The Morgan fingerprint density at radius 3 is 2.45 bits per heavy atom. The molecule has 0 aliphatic rings. The first-order chi connectivity index (χ1) is 14.2. The summed E-state index contributed by atoms with van der Waals surface area (Å²) in [4.78, 5) is 4.54. The lowest BCUT2D eigenvalue weighted by Gasteiger charge is -2.08. The molecule has 0 saturated carbocycles. The van der Waals surface area contributed by atoms with Crippen LogP contribution in [0.1, 0.15) is 0 Å². The quantitative estimate of drug-likeness (QED) is 0.469. The van der Waals surface area contributed by atoms with Crippen LogP contribution in [0.25, 0.3) is 33.8 Å². The summed E-state index contributed by atoms with van der Waals surface area (Å²) in [5.74, 6) is 1.54. The van der Waals surface area contributed by atoms with Gasteiger partial charge >= 0.3 is 0 Å². The molecule has 0 amide bonds. The SMILES string of the molecule is COc1ccc(-c2nnc3c4cnn(-c5ccc(F)cc5)c4ncn23)cc1OC. The van der Waals surface area contributed by atoms with Crippen molar-refractivity contribution in [3.8, 4) is 28.6 Å². The van der Waals surface area contributed by atoms with Crippen molar-refractivity contribution in [3.63, 3.8) is 0 Å². The van der Waals surface area contributed by atoms with Crippen molar-refractivity contribution in [2.24, 2.45) is 0 Å². The van der Waals surface area contributed by atoms with Crippen LogP contribution in [-0.4, -0.2) is 43.6 Å². The fourth-order valence-corrected chi connectivity index (χ4v) is 3.26. The van der Waals surface area contributed by atoms with E-state index in [1.54, 1.807) is 48.0 Å². The van der Waals surface area contributed by atoms with Crippen LogP contribution in [0.4, 0.5) is 4.39 Å². The molecule has 0 atom stereocenters. The molecule has 0 fully saturated rings. The average Bonchev–Trinajstić information content (AvgIpc) is 3.38. The number of hydrogen-bond donors (Lipinski definition) is 0. The molecule has 3 aromatic heterocycles. The highest BCUT2D eigenvalue weighted by molar-refractivity contribution is 5.90. The molecule has 0 unspecified atom stereocenters. The van der Waals surface area contributed by atoms with Crippen molar-refractivity contribution in [2.45, 2.75) is 0 Å². The molecule has 0 N–H and O–H groups in total. The monoisotopic (exact) mass is 390 g/mol. The molecular formula is C20H15FN6O2. The van der Waals surface area contributed by atoms with Gasteiger partial charge in [0.2, 0.25) is 0 Å². The number of nitrogens with zero attached hydrogens (tertiary/aromatic N) is 6. The van der Waals surface area contributed by atoms with Crippen LogP contribution in [0.5, 0.6) is 11.5 Å². The molecule has 5 aromatic rings. The minimum atomic E-state index is -0.308. The smallest absolute Gasteiger partial charge is 0.175 e. The van der Waals surface area contributed by atoms with Crippen LogP contribution in [0.2, 0.25) is 0 Å². The van der Waals surface area contributed by atoms with Crippen LogP contribution in [0.3, 0.4) is 0 Å². The Morgan fingerprint density at radius 2 is 1.69 bits per heavy atom. The molecule has 0 spiro atoms. The van der Waals surface area contributed by atoms with Crippen LogP contribution in [0, 0.1) is 5.82 Å². The van der Waals surface area contributed by atoms with Crippen LogP contribution in [-0.2, 0) is 0 Å². The normalized spacial score (nSPS) is 11.3. The number of rotatable bonds is 4. The van der Waals surface area contributed by atoms with E-state index < -0.39 is 0 Å². The van der Waals surface area contributed by atoms with Crippen molar-refractivity contribution in [2.75, 3.05) is 14.2 Å². The summed E-state index contributed by atoms with van der Waals surface area (Å²) in [7, 11) is 3.17. The molecule has 2 aromatic carbocycles. The predicted molar refractivity (Wildman–Crippen MR) is 104 cm³/mol. The van der Waals surface area contributed by atoms with Gasteiger partial charge in [0.25, 0.3) is 0 Å². The Bertz CT molecular complexity index is 1340. The molecule has 0 aliphatic heterocycles. The van der Waals surface area contributed by atoms with Gasteiger partial charge in [-0.2, -0.15) is 5.10 Å². The molecule has 144 valence electrons. The maximum Gasteiger partial charge on any atom is 0.175 e. The average molecular weight is 390 g/mol. The highest BCUT2D eigenvalue weighted by Crippen LogP contribution is 2.32. The van der Waals surface area contributed by atoms with Gasteiger partial charge < -0.3 is 9.47 Å². The van der Waals surface area contributed by atoms with Gasteiger partial charge in [-0.15, -0.1) is 10.2 Å². The van der Waals surface area contributed by atoms with Crippen LogP contribution >= 0.6 is 0 Å². The number of methoxy groups -OCH3 is 2. The topological polar surface area (TPSA) is 79.4 Å². The van der Waals surface area contributed by atoms with Crippen molar-refractivity contribution >= 4 is 16.7 Å². The van der Waals surface area contributed by atoms with Crippen LogP contribution in [0.15, 0.2) is 55.0 Å². The molecule has 3 heterocycles. The Kier molecular flexibility index (Phi) is 3.87. The van der Waals surface area contributed by atoms with Gasteiger partial charge in [0.15, 0.2) is 28.6 Å². The third-order valence-electron chi connectivity index (χ3n) is 4.69. The third kappa shape index (κ3) is 2.66. The summed E-state index contributed by atoms with van der Waals surface area (Å²) in [6.07, 6.45) is 3.32. The largest absolute Gasteiger partial charge is 0.493 e. The maximum atomic E-state index is 13.2. The lowest BCUT2D eigenvalue weighted by Crippen LogP contribution is -1.99. The molecule has 0 aliphatic carbocycles. The third-order valence-corrected chi connectivity index (χ3v) is 4.69. The van der Waals surface area contributed by atoms with E-state index in [1.807, 2.05) is 18.2 Å². The summed E-state index contributed by atoms with van der Waals surface area (Å²) < 4.78 is 27.3. The second kappa shape index (κ2) is 6.55. The van der Waals surface area contributed by atoms with Gasteiger partial charge in [0.1, 0.15) is 12.1 Å². The molecular weight excluding hydrogens is 375 g/mol. The van der Waals surface area contributed by atoms with E-state index in [-0.39, 0.29) is 5.82 Å². The highest BCUT2D eigenvalue weighted by Gasteiger charge is 2.16. The Morgan fingerprint density at radius 1 is 0.897 bits per heavy atom. The van der Waals surface area contributed by atoms with Gasteiger partial charge in [-0.25, -0.2) is 14.1 Å². The summed E-state index contributed by atoms with van der Waals surface area (Å²) in [5, 5.41) is 13.8. The Labute approximate surface area is 164 Å². The minimum Gasteiger partial charge on any atom is -0.493 e. The van der Waals surface area contributed by atoms with Crippen molar-refractivity contribution in [1.82, 2.24) is 29.4 Å². The lowest BCUT2D eigenvalue weighted by atomic mass is 10.2. The standard InChI is InChI=1S/C20H15FN6O2/c1-28-16-8-3-12(9-17(16)29-2)18-24-25-20-15-10-23-27(19(15)22-11-26(18)20)14-6-4-13(21)5-7-14/h3-11H,1-2H3. The molecule has 0 bridgehead atoms. The van der Waals surface area contributed by atoms with E-state index in [0.29, 0.717) is 34.3 Å². The van der Waals surface area contributed by atoms with Crippen molar-refractivity contribution < 1.29 is 13.9 Å². The number of benzene rings is 2. The number of halogens is 1. The Hall–Kier alpha value is -4.01.